The van der Waals surface area contributed by atoms with Gasteiger partial charge in [0.2, 0.25) is 11.8 Å². The van der Waals surface area contributed by atoms with Gasteiger partial charge in [-0.2, -0.15) is 9.61 Å². The molecule has 0 N–H and O–H groups in total. The van der Waals surface area contributed by atoms with E-state index < -0.39 is 0 Å². The number of hydrogen-bond acceptors (Lipinski definition) is 4. The van der Waals surface area contributed by atoms with Crippen LogP contribution in [0.25, 0.3) is 5.52 Å². The lowest BCUT2D eigenvalue weighted by molar-refractivity contribution is 0.430. The van der Waals surface area contributed by atoms with Crippen molar-refractivity contribution in [1.29, 1.82) is 0 Å². The van der Waals surface area contributed by atoms with Crippen LogP contribution >= 0.6 is 0 Å². The molecular weight excluding hydrogens is 288 g/mol. The second-order valence-corrected chi connectivity index (χ2v) is 5.54. The number of rotatable bonds is 5. The third kappa shape index (κ3) is 2.86. The van der Waals surface area contributed by atoms with E-state index in [0.29, 0.717) is 11.8 Å². The van der Waals surface area contributed by atoms with Crippen LogP contribution in [0.15, 0.2) is 36.5 Å². The van der Waals surface area contributed by atoms with Gasteiger partial charge < -0.3 is 9.64 Å². The van der Waals surface area contributed by atoms with Crippen molar-refractivity contribution >= 4 is 11.2 Å². The lowest BCUT2D eigenvalue weighted by Crippen LogP contribution is -2.22. The Morgan fingerprint density at radius 3 is 2.61 bits per heavy atom. The molecule has 0 spiro atoms. The maximum atomic E-state index is 5.96. The number of hydrogen-bond donors (Lipinski definition) is 0. The van der Waals surface area contributed by atoms with Gasteiger partial charge in [0.15, 0.2) is 0 Å². The highest BCUT2D eigenvalue weighted by atomic mass is 16.5. The quantitative estimate of drug-likeness (QED) is 0.715. The monoisotopic (exact) mass is 310 g/mol. The van der Waals surface area contributed by atoms with Gasteiger partial charge in [0, 0.05) is 31.4 Å². The van der Waals surface area contributed by atoms with Crippen molar-refractivity contribution in [1.82, 2.24) is 14.6 Å². The fourth-order valence-electron chi connectivity index (χ4n) is 2.83. The molecule has 0 aliphatic carbocycles. The normalized spacial score (nSPS) is 11.0. The smallest absolute Gasteiger partial charge is 0.223 e. The van der Waals surface area contributed by atoms with Crippen molar-refractivity contribution in [2.24, 2.45) is 0 Å². The fourth-order valence-corrected chi connectivity index (χ4v) is 2.83. The van der Waals surface area contributed by atoms with E-state index >= 15 is 0 Å². The van der Waals surface area contributed by atoms with E-state index in [-0.39, 0.29) is 0 Å². The number of aromatic nitrogens is 3. The van der Waals surface area contributed by atoms with Gasteiger partial charge in [-0.15, -0.1) is 0 Å². The van der Waals surface area contributed by atoms with Gasteiger partial charge >= 0.3 is 0 Å². The van der Waals surface area contributed by atoms with Crippen LogP contribution in [0.2, 0.25) is 0 Å². The summed E-state index contributed by atoms with van der Waals surface area (Å²) in [7, 11) is 0. The summed E-state index contributed by atoms with van der Waals surface area (Å²) in [4.78, 5) is 6.58. The van der Waals surface area contributed by atoms with Crippen LogP contribution in [0, 0.1) is 13.8 Å². The second kappa shape index (κ2) is 6.28. The summed E-state index contributed by atoms with van der Waals surface area (Å²) in [5.74, 6) is 1.25. The van der Waals surface area contributed by atoms with Crippen LogP contribution in [0.3, 0.4) is 0 Å². The molecule has 0 atom stereocenters. The topological polar surface area (TPSA) is 42.7 Å². The first kappa shape index (κ1) is 15.3. The minimum Gasteiger partial charge on any atom is -0.421 e. The molecule has 120 valence electrons. The number of ether oxygens (including phenoxy) is 1. The second-order valence-electron chi connectivity index (χ2n) is 5.54. The van der Waals surface area contributed by atoms with Gasteiger partial charge in [0.1, 0.15) is 0 Å². The third-order valence-electron chi connectivity index (χ3n) is 3.94. The van der Waals surface area contributed by atoms with Crippen molar-refractivity contribution in [3.05, 3.63) is 47.8 Å². The molecule has 0 aliphatic rings. The standard InChI is InChI=1S/C18H22N4O/c1-5-21(6-2)18-14(4)20-22-15(18)8-7-9-17(22)23-16-12-13(3)10-11-19-16/h7-12H,5-6H2,1-4H3. The van der Waals surface area contributed by atoms with Crippen molar-refractivity contribution in [2.75, 3.05) is 18.0 Å². The van der Waals surface area contributed by atoms with Crippen LogP contribution in [-0.4, -0.2) is 27.7 Å². The molecule has 0 bridgehead atoms. The van der Waals surface area contributed by atoms with E-state index in [0.717, 1.165) is 35.6 Å². The van der Waals surface area contributed by atoms with E-state index in [4.69, 9.17) is 4.74 Å². The van der Waals surface area contributed by atoms with Crippen LogP contribution in [-0.2, 0) is 0 Å². The molecule has 3 aromatic rings. The average molecular weight is 310 g/mol. The Morgan fingerprint density at radius 2 is 1.91 bits per heavy atom. The first-order chi connectivity index (χ1) is 11.1. The van der Waals surface area contributed by atoms with Gasteiger partial charge in [-0.25, -0.2) is 4.98 Å². The highest BCUT2D eigenvalue weighted by Crippen LogP contribution is 2.30. The highest BCUT2D eigenvalue weighted by Gasteiger charge is 2.16. The predicted molar refractivity (Wildman–Crippen MR) is 92.5 cm³/mol. The predicted octanol–water partition coefficient (Wildman–Crippen LogP) is 3.98. The molecule has 0 radical (unpaired) electrons. The molecule has 0 saturated carbocycles. The maximum Gasteiger partial charge on any atom is 0.223 e. The number of anilines is 1. The van der Waals surface area contributed by atoms with Crippen molar-refractivity contribution < 1.29 is 4.74 Å². The first-order valence-electron chi connectivity index (χ1n) is 7.97. The molecule has 0 aliphatic heterocycles. The van der Waals surface area contributed by atoms with Crippen LogP contribution in [0.5, 0.6) is 11.8 Å². The summed E-state index contributed by atoms with van der Waals surface area (Å²) >= 11 is 0. The van der Waals surface area contributed by atoms with Gasteiger partial charge in [0.05, 0.1) is 16.9 Å². The first-order valence-corrected chi connectivity index (χ1v) is 7.97. The molecule has 23 heavy (non-hydrogen) atoms. The Hall–Kier alpha value is -2.56. The molecule has 0 unspecified atom stereocenters. The molecule has 0 amide bonds. The van der Waals surface area contributed by atoms with Crippen LogP contribution < -0.4 is 9.64 Å². The molecule has 3 aromatic heterocycles. The van der Waals surface area contributed by atoms with Gasteiger partial charge in [0.25, 0.3) is 0 Å². The summed E-state index contributed by atoms with van der Waals surface area (Å²) in [6, 6.07) is 9.85. The summed E-state index contributed by atoms with van der Waals surface area (Å²) in [5.41, 5.74) is 4.33. The zero-order chi connectivity index (χ0) is 16.4. The van der Waals surface area contributed by atoms with Crippen LogP contribution in [0.4, 0.5) is 5.69 Å². The van der Waals surface area contributed by atoms with Gasteiger partial charge in [-0.05, 0) is 45.4 Å². The minimum absolute atomic E-state index is 0.579. The molecule has 3 heterocycles. The van der Waals surface area contributed by atoms with Gasteiger partial charge in [-0.1, -0.05) is 6.07 Å². The molecule has 0 aromatic carbocycles. The highest BCUT2D eigenvalue weighted by molar-refractivity contribution is 5.76. The summed E-state index contributed by atoms with van der Waals surface area (Å²) in [6.07, 6.45) is 1.75. The van der Waals surface area contributed by atoms with E-state index in [2.05, 4.69) is 34.9 Å². The SMILES string of the molecule is CCN(CC)c1c(C)nn2c(Oc3cc(C)ccn3)cccc12. The average Bonchev–Trinajstić information content (AvgIpc) is 2.87. The molecule has 3 rings (SSSR count). The largest absolute Gasteiger partial charge is 0.421 e. The van der Waals surface area contributed by atoms with E-state index in [1.807, 2.05) is 42.6 Å². The number of nitrogens with zero attached hydrogens (tertiary/aromatic N) is 4. The lowest BCUT2D eigenvalue weighted by atomic mass is 10.2. The van der Waals surface area contributed by atoms with Crippen molar-refractivity contribution in [2.45, 2.75) is 27.7 Å². The zero-order valence-corrected chi connectivity index (χ0v) is 14.1. The molecule has 5 nitrogen and oxygen atoms in total. The number of fused-ring (bicyclic) bond motifs is 1. The zero-order valence-electron chi connectivity index (χ0n) is 14.1. The molecular formula is C18H22N4O. The van der Waals surface area contributed by atoms with Crippen molar-refractivity contribution in [3.8, 4) is 11.8 Å². The van der Waals surface area contributed by atoms with Gasteiger partial charge in [-0.3, -0.25) is 0 Å². The Kier molecular flexibility index (Phi) is 4.19. The molecule has 5 heteroatoms. The fraction of sp³-hybridized carbons (Fsp3) is 0.333. The summed E-state index contributed by atoms with van der Waals surface area (Å²) in [5, 5.41) is 4.67. The maximum absolute atomic E-state index is 5.96. The molecule has 0 fully saturated rings. The Morgan fingerprint density at radius 1 is 1.13 bits per heavy atom. The van der Waals surface area contributed by atoms with Crippen molar-refractivity contribution in [3.63, 3.8) is 0 Å². The minimum atomic E-state index is 0.579. The van der Waals surface area contributed by atoms with E-state index in [1.165, 1.54) is 0 Å². The Balaban J connectivity index is 2.07. The number of aryl methyl sites for hydroxylation is 2. The summed E-state index contributed by atoms with van der Waals surface area (Å²) < 4.78 is 7.81. The number of pyridine rings is 2. The van der Waals surface area contributed by atoms with E-state index in [9.17, 15) is 0 Å². The lowest BCUT2D eigenvalue weighted by Gasteiger charge is -2.20. The van der Waals surface area contributed by atoms with E-state index in [1.54, 1.807) is 6.20 Å². The molecule has 0 saturated heterocycles. The summed E-state index contributed by atoms with van der Waals surface area (Å²) in [6.45, 7) is 10.3. The Labute approximate surface area is 136 Å². The third-order valence-corrected chi connectivity index (χ3v) is 3.94. The van der Waals surface area contributed by atoms with Crippen LogP contribution in [0.1, 0.15) is 25.1 Å². The Bertz CT molecular complexity index is 821.